The van der Waals surface area contributed by atoms with Gasteiger partial charge in [0.15, 0.2) is 0 Å². The molecule has 2 rings (SSSR count). The summed E-state index contributed by atoms with van der Waals surface area (Å²) >= 11 is 13.0. The van der Waals surface area contributed by atoms with Crippen LogP contribution in [-0.4, -0.2) is 0 Å². The first-order valence-corrected chi connectivity index (χ1v) is 6.93. The third-order valence-electron chi connectivity index (χ3n) is 2.38. The Morgan fingerprint density at radius 3 is 2.38 bits per heavy atom. The Balaban J connectivity index is 2.60. The summed E-state index contributed by atoms with van der Waals surface area (Å²) in [6.45, 7) is 0. The molecule has 0 heterocycles. The highest BCUT2D eigenvalue weighted by Gasteiger charge is 2.07. The van der Waals surface area contributed by atoms with Crippen molar-refractivity contribution in [3.63, 3.8) is 0 Å². The topological polar surface area (TPSA) is 0 Å². The lowest BCUT2D eigenvalue weighted by Gasteiger charge is -2.09. The molecular weight excluding hydrogens is 351 g/mol. The Morgan fingerprint density at radius 1 is 0.938 bits per heavy atom. The Hall–Kier alpha value is -0.310. The van der Waals surface area contributed by atoms with E-state index in [1.54, 1.807) is 0 Å². The van der Waals surface area contributed by atoms with Crippen molar-refractivity contribution in [2.75, 3.05) is 0 Å². The van der Waals surface area contributed by atoms with Gasteiger partial charge in [-0.1, -0.05) is 56.1 Å². The van der Waals surface area contributed by atoms with Crippen LogP contribution in [0.1, 0.15) is 5.56 Å². The first kappa shape index (κ1) is 12.2. The Kier molecular flexibility index (Phi) is 4.06. The smallest absolute Gasteiger partial charge is 0.0480 e. The van der Waals surface area contributed by atoms with E-state index in [-0.39, 0.29) is 0 Å². The van der Waals surface area contributed by atoms with Crippen LogP contribution in [0.4, 0.5) is 0 Å². The fourth-order valence-electron chi connectivity index (χ4n) is 1.62. The van der Waals surface area contributed by atoms with Crippen LogP contribution in [0.25, 0.3) is 11.1 Å². The Morgan fingerprint density at radius 2 is 1.69 bits per heavy atom. The minimum atomic E-state index is 0.510. The molecule has 0 saturated heterocycles. The molecule has 82 valence electrons. The third-order valence-corrected chi connectivity index (χ3v) is 3.85. The van der Waals surface area contributed by atoms with Gasteiger partial charge in [0.25, 0.3) is 0 Å². The molecule has 0 fully saturated rings. The fourth-order valence-corrected chi connectivity index (χ4v) is 2.74. The second-order valence-electron chi connectivity index (χ2n) is 3.41. The standard InChI is InChI=1S/C13H9Br2Cl/c14-10-5-6-11(9(7-10)8-16)12-3-1-2-4-13(12)15/h1-7H,8H2. The van der Waals surface area contributed by atoms with E-state index in [1.165, 1.54) is 11.1 Å². The summed E-state index contributed by atoms with van der Waals surface area (Å²) in [6.07, 6.45) is 0. The molecule has 0 spiro atoms. The summed E-state index contributed by atoms with van der Waals surface area (Å²) in [7, 11) is 0. The van der Waals surface area contributed by atoms with Crippen molar-refractivity contribution in [3.05, 3.63) is 57.0 Å². The van der Waals surface area contributed by atoms with Crippen molar-refractivity contribution in [3.8, 4) is 11.1 Å². The minimum Gasteiger partial charge on any atom is -0.122 e. The zero-order valence-corrected chi connectivity index (χ0v) is 12.3. The van der Waals surface area contributed by atoms with Gasteiger partial charge in [-0.15, -0.1) is 11.6 Å². The van der Waals surface area contributed by atoms with Crippen LogP contribution in [0.15, 0.2) is 51.4 Å². The molecule has 0 aliphatic carbocycles. The molecule has 0 N–H and O–H groups in total. The molecule has 0 aliphatic heterocycles. The van der Waals surface area contributed by atoms with Crippen molar-refractivity contribution in [2.24, 2.45) is 0 Å². The van der Waals surface area contributed by atoms with Crippen LogP contribution in [0.3, 0.4) is 0 Å². The minimum absolute atomic E-state index is 0.510. The van der Waals surface area contributed by atoms with Gasteiger partial charge in [-0.25, -0.2) is 0 Å². The highest BCUT2D eigenvalue weighted by atomic mass is 79.9. The fraction of sp³-hybridized carbons (Fsp3) is 0.0769. The molecule has 2 aromatic rings. The zero-order chi connectivity index (χ0) is 11.5. The number of hydrogen-bond donors (Lipinski definition) is 0. The molecule has 3 heteroatoms. The van der Waals surface area contributed by atoms with Crippen molar-refractivity contribution < 1.29 is 0 Å². The van der Waals surface area contributed by atoms with Crippen molar-refractivity contribution in [1.29, 1.82) is 0 Å². The maximum atomic E-state index is 5.97. The molecule has 0 atom stereocenters. The second-order valence-corrected chi connectivity index (χ2v) is 5.45. The van der Waals surface area contributed by atoms with E-state index in [4.69, 9.17) is 11.6 Å². The van der Waals surface area contributed by atoms with Gasteiger partial charge in [0.1, 0.15) is 0 Å². The summed E-state index contributed by atoms with van der Waals surface area (Å²) in [4.78, 5) is 0. The van der Waals surface area contributed by atoms with Gasteiger partial charge in [0.2, 0.25) is 0 Å². The quantitative estimate of drug-likeness (QED) is 0.610. The van der Waals surface area contributed by atoms with Gasteiger partial charge in [0.05, 0.1) is 0 Å². The van der Waals surface area contributed by atoms with E-state index in [0.29, 0.717) is 5.88 Å². The van der Waals surface area contributed by atoms with Gasteiger partial charge < -0.3 is 0 Å². The summed E-state index contributed by atoms with van der Waals surface area (Å²) < 4.78 is 2.14. The van der Waals surface area contributed by atoms with E-state index in [2.05, 4.69) is 50.1 Å². The van der Waals surface area contributed by atoms with Crippen LogP contribution in [-0.2, 0) is 5.88 Å². The molecule has 0 nitrogen and oxygen atoms in total. The average molecular weight is 360 g/mol. The molecule has 0 amide bonds. The van der Waals surface area contributed by atoms with E-state index in [1.807, 2.05) is 24.3 Å². The predicted molar refractivity (Wildman–Crippen MR) is 76.8 cm³/mol. The van der Waals surface area contributed by atoms with Crippen molar-refractivity contribution in [2.45, 2.75) is 5.88 Å². The third kappa shape index (κ3) is 2.50. The van der Waals surface area contributed by atoms with E-state index < -0.39 is 0 Å². The summed E-state index contributed by atoms with van der Waals surface area (Å²) in [6, 6.07) is 14.3. The lowest BCUT2D eigenvalue weighted by Crippen LogP contribution is -1.87. The maximum Gasteiger partial charge on any atom is 0.0480 e. The molecule has 0 unspecified atom stereocenters. The number of hydrogen-bond acceptors (Lipinski definition) is 0. The lowest BCUT2D eigenvalue weighted by molar-refractivity contribution is 1.38. The van der Waals surface area contributed by atoms with E-state index in [0.717, 1.165) is 14.5 Å². The monoisotopic (exact) mass is 358 g/mol. The van der Waals surface area contributed by atoms with Crippen LogP contribution < -0.4 is 0 Å². The van der Waals surface area contributed by atoms with Gasteiger partial charge in [-0.05, 0) is 34.9 Å². The zero-order valence-electron chi connectivity index (χ0n) is 8.38. The predicted octanol–water partition coefficient (Wildman–Crippen LogP) is 5.62. The first-order valence-electron chi connectivity index (χ1n) is 4.81. The molecule has 0 bridgehead atoms. The van der Waals surface area contributed by atoms with Crippen LogP contribution >= 0.6 is 43.5 Å². The molecule has 0 saturated carbocycles. The number of benzene rings is 2. The highest BCUT2D eigenvalue weighted by Crippen LogP contribution is 2.32. The van der Waals surface area contributed by atoms with Gasteiger partial charge in [-0.3, -0.25) is 0 Å². The van der Waals surface area contributed by atoms with E-state index in [9.17, 15) is 0 Å². The summed E-state index contributed by atoms with van der Waals surface area (Å²) in [5, 5.41) is 0. The molecule has 0 aromatic heterocycles. The largest absolute Gasteiger partial charge is 0.122 e. The molecular formula is C13H9Br2Cl. The maximum absolute atomic E-state index is 5.97. The summed E-state index contributed by atoms with van der Waals surface area (Å²) in [5.74, 6) is 0.510. The van der Waals surface area contributed by atoms with Gasteiger partial charge >= 0.3 is 0 Å². The van der Waals surface area contributed by atoms with Crippen LogP contribution in [0.2, 0.25) is 0 Å². The van der Waals surface area contributed by atoms with Crippen LogP contribution in [0, 0.1) is 0 Å². The molecule has 2 aromatic carbocycles. The van der Waals surface area contributed by atoms with Crippen molar-refractivity contribution in [1.82, 2.24) is 0 Å². The van der Waals surface area contributed by atoms with Gasteiger partial charge in [-0.2, -0.15) is 0 Å². The molecule has 0 aliphatic rings. The summed E-state index contributed by atoms with van der Waals surface area (Å²) in [5.41, 5.74) is 3.47. The number of rotatable bonds is 2. The number of halogens is 3. The SMILES string of the molecule is ClCc1cc(Br)ccc1-c1ccccc1Br. The Bertz CT molecular complexity index is 509. The lowest BCUT2D eigenvalue weighted by atomic mass is 10.0. The first-order chi connectivity index (χ1) is 7.72. The normalized spacial score (nSPS) is 10.4. The van der Waals surface area contributed by atoms with Crippen LogP contribution in [0.5, 0.6) is 0 Å². The molecule has 16 heavy (non-hydrogen) atoms. The van der Waals surface area contributed by atoms with Crippen molar-refractivity contribution >= 4 is 43.5 Å². The number of alkyl halides is 1. The molecule has 0 radical (unpaired) electrons. The van der Waals surface area contributed by atoms with Gasteiger partial charge in [0, 0.05) is 14.8 Å². The highest BCUT2D eigenvalue weighted by molar-refractivity contribution is 9.10. The Labute approximate surface area is 117 Å². The second kappa shape index (κ2) is 5.35. The average Bonchev–Trinajstić information content (AvgIpc) is 2.30. The van der Waals surface area contributed by atoms with E-state index >= 15 is 0 Å².